The van der Waals surface area contributed by atoms with E-state index in [0.717, 1.165) is 11.4 Å². The van der Waals surface area contributed by atoms with E-state index < -0.39 is 11.6 Å². The van der Waals surface area contributed by atoms with Gasteiger partial charge in [-0.1, -0.05) is 24.3 Å². The first-order valence-electron chi connectivity index (χ1n) is 9.24. The number of anilines is 2. The van der Waals surface area contributed by atoms with Gasteiger partial charge in [0.05, 0.1) is 12.8 Å². The van der Waals surface area contributed by atoms with Crippen LogP contribution in [0.25, 0.3) is 22.3 Å². The molecule has 5 heteroatoms. The molecule has 4 rings (SSSR count). The molecule has 0 aliphatic carbocycles. The van der Waals surface area contributed by atoms with Gasteiger partial charge in [-0.05, 0) is 66.1 Å². The Hall–Kier alpha value is -3.60. The number of furan rings is 1. The predicted octanol–water partition coefficient (Wildman–Crippen LogP) is 6.39. The number of nitrogens with one attached hydrogen (secondary N) is 1. The second-order valence-corrected chi connectivity index (χ2v) is 6.85. The monoisotopic (exact) mass is 390 g/mol. The zero-order valence-electron chi connectivity index (χ0n) is 15.9. The lowest BCUT2D eigenvalue weighted by molar-refractivity contribution is 0.518. The number of hydrogen-bond acceptors (Lipinski definition) is 3. The number of nitrogens with two attached hydrogens (primary N) is 1. The molecule has 0 atom stereocenters. The van der Waals surface area contributed by atoms with E-state index in [0.29, 0.717) is 23.4 Å². The molecule has 0 saturated carbocycles. The minimum Gasteiger partial charge on any atom is -0.467 e. The van der Waals surface area contributed by atoms with Crippen molar-refractivity contribution in [3.63, 3.8) is 0 Å². The van der Waals surface area contributed by atoms with E-state index in [9.17, 15) is 4.39 Å². The molecule has 146 valence electrons. The Morgan fingerprint density at radius 3 is 2.28 bits per heavy atom. The summed E-state index contributed by atoms with van der Waals surface area (Å²) in [6.45, 7) is 2.14. The van der Waals surface area contributed by atoms with Crippen molar-refractivity contribution in [2.45, 2.75) is 13.5 Å². The number of nitrogen functional groups attached to an aromatic ring is 1. The van der Waals surface area contributed by atoms with E-state index in [-0.39, 0.29) is 16.7 Å². The van der Waals surface area contributed by atoms with Crippen molar-refractivity contribution in [2.24, 2.45) is 0 Å². The molecule has 1 heterocycles. The molecule has 0 saturated heterocycles. The van der Waals surface area contributed by atoms with Crippen molar-refractivity contribution in [1.82, 2.24) is 0 Å². The quantitative estimate of drug-likeness (QED) is 0.388. The molecule has 3 N–H and O–H groups in total. The number of hydrogen-bond donors (Lipinski definition) is 2. The molecule has 3 aromatic carbocycles. The zero-order chi connectivity index (χ0) is 20.4. The highest BCUT2D eigenvalue weighted by Gasteiger charge is 2.18. The standard InChI is InChI=1S/C24H20F2N2O/c1-15-23(17-6-10-19(11-7-17)28-14-20-3-2-12-29-20)22(25)13-21(24(15)26)16-4-8-18(27)9-5-16/h2-13,28H,14,27H2,1H3. The van der Waals surface area contributed by atoms with E-state index in [1.54, 1.807) is 49.6 Å². The fraction of sp³-hybridized carbons (Fsp3) is 0.0833. The fourth-order valence-corrected chi connectivity index (χ4v) is 3.34. The van der Waals surface area contributed by atoms with Crippen LogP contribution in [0, 0.1) is 18.6 Å². The summed E-state index contributed by atoms with van der Waals surface area (Å²) in [5.74, 6) is -0.0884. The van der Waals surface area contributed by atoms with Gasteiger partial charge in [-0.2, -0.15) is 0 Å². The summed E-state index contributed by atoms with van der Waals surface area (Å²) in [7, 11) is 0. The fourth-order valence-electron chi connectivity index (χ4n) is 3.34. The molecule has 0 spiro atoms. The van der Waals surface area contributed by atoms with Crippen molar-refractivity contribution in [1.29, 1.82) is 0 Å². The van der Waals surface area contributed by atoms with Gasteiger partial charge in [0.15, 0.2) is 0 Å². The van der Waals surface area contributed by atoms with Crippen LogP contribution in [0.1, 0.15) is 11.3 Å². The van der Waals surface area contributed by atoms with Gasteiger partial charge in [-0.25, -0.2) is 8.78 Å². The van der Waals surface area contributed by atoms with E-state index in [2.05, 4.69) is 5.32 Å². The second-order valence-electron chi connectivity index (χ2n) is 6.85. The van der Waals surface area contributed by atoms with Gasteiger partial charge in [-0.15, -0.1) is 0 Å². The third kappa shape index (κ3) is 3.85. The van der Waals surface area contributed by atoms with E-state index >= 15 is 4.39 Å². The normalized spacial score (nSPS) is 10.9. The van der Waals surface area contributed by atoms with Crippen LogP contribution in [0.4, 0.5) is 20.2 Å². The lowest BCUT2D eigenvalue weighted by Gasteiger charge is -2.14. The molecule has 4 aromatic rings. The van der Waals surface area contributed by atoms with Crippen LogP contribution < -0.4 is 11.1 Å². The van der Waals surface area contributed by atoms with E-state index in [4.69, 9.17) is 10.2 Å². The minimum absolute atomic E-state index is 0.223. The van der Waals surface area contributed by atoms with Crippen LogP contribution in [0.5, 0.6) is 0 Å². The van der Waals surface area contributed by atoms with Crippen LogP contribution in [0.3, 0.4) is 0 Å². The van der Waals surface area contributed by atoms with Crippen LogP contribution in [-0.4, -0.2) is 0 Å². The Balaban J connectivity index is 1.62. The van der Waals surface area contributed by atoms with Crippen LogP contribution >= 0.6 is 0 Å². The van der Waals surface area contributed by atoms with Crippen molar-refractivity contribution < 1.29 is 13.2 Å². The Morgan fingerprint density at radius 2 is 1.62 bits per heavy atom. The van der Waals surface area contributed by atoms with Crippen LogP contribution in [-0.2, 0) is 6.54 Å². The van der Waals surface area contributed by atoms with Crippen molar-refractivity contribution in [3.05, 3.63) is 96.0 Å². The predicted molar refractivity (Wildman–Crippen MR) is 112 cm³/mol. The first kappa shape index (κ1) is 18.7. The highest BCUT2D eigenvalue weighted by Crippen LogP contribution is 2.35. The number of rotatable bonds is 5. The van der Waals surface area contributed by atoms with Gasteiger partial charge in [0.25, 0.3) is 0 Å². The Bertz CT molecular complexity index is 1120. The molecule has 0 radical (unpaired) electrons. The summed E-state index contributed by atoms with van der Waals surface area (Å²) < 4.78 is 35.3. The van der Waals surface area contributed by atoms with Gasteiger partial charge < -0.3 is 15.5 Å². The van der Waals surface area contributed by atoms with E-state index in [1.807, 2.05) is 24.3 Å². The molecule has 0 bridgehead atoms. The van der Waals surface area contributed by atoms with E-state index in [1.165, 1.54) is 6.07 Å². The van der Waals surface area contributed by atoms with Crippen LogP contribution in [0.15, 0.2) is 77.4 Å². The average molecular weight is 390 g/mol. The van der Waals surface area contributed by atoms with Gasteiger partial charge in [0.1, 0.15) is 17.4 Å². The molecule has 29 heavy (non-hydrogen) atoms. The van der Waals surface area contributed by atoms with Gasteiger partial charge in [0, 0.05) is 22.5 Å². The minimum atomic E-state index is -0.466. The zero-order valence-corrected chi connectivity index (χ0v) is 15.9. The molecule has 0 aliphatic rings. The lowest BCUT2D eigenvalue weighted by atomic mass is 9.94. The maximum absolute atomic E-state index is 15.1. The smallest absolute Gasteiger partial charge is 0.134 e. The van der Waals surface area contributed by atoms with Crippen molar-refractivity contribution >= 4 is 11.4 Å². The summed E-state index contributed by atoms with van der Waals surface area (Å²) in [5, 5.41) is 3.23. The van der Waals surface area contributed by atoms with Crippen molar-refractivity contribution in [2.75, 3.05) is 11.1 Å². The van der Waals surface area contributed by atoms with Crippen molar-refractivity contribution in [3.8, 4) is 22.3 Å². The summed E-state index contributed by atoms with van der Waals surface area (Å²) in [6.07, 6.45) is 1.62. The summed E-state index contributed by atoms with van der Waals surface area (Å²) >= 11 is 0. The summed E-state index contributed by atoms with van der Waals surface area (Å²) in [6, 6.07) is 18.9. The third-order valence-electron chi connectivity index (χ3n) is 4.89. The number of benzene rings is 3. The first-order valence-corrected chi connectivity index (χ1v) is 9.24. The van der Waals surface area contributed by atoms with Gasteiger partial charge in [-0.3, -0.25) is 0 Å². The molecule has 0 unspecified atom stereocenters. The SMILES string of the molecule is Cc1c(F)c(-c2ccc(N)cc2)cc(F)c1-c1ccc(NCc2ccco2)cc1. The average Bonchev–Trinajstić information content (AvgIpc) is 3.25. The van der Waals surface area contributed by atoms with Crippen LogP contribution in [0.2, 0.25) is 0 Å². The topological polar surface area (TPSA) is 51.2 Å². The maximum atomic E-state index is 15.1. The second kappa shape index (κ2) is 7.80. The maximum Gasteiger partial charge on any atom is 0.134 e. The van der Waals surface area contributed by atoms with Gasteiger partial charge in [0.2, 0.25) is 0 Å². The largest absolute Gasteiger partial charge is 0.467 e. The third-order valence-corrected chi connectivity index (χ3v) is 4.89. The Morgan fingerprint density at radius 1 is 0.931 bits per heavy atom. The molecular weight excluding hydrogens is 370 g/mol. The Labute approximate surface area is 167 Å². The molecular formula is C24H20F2N2O. The summed E-state index contributed by atoms with van der Waals surface area (Å²) in [5.41, 5.74) is 9.08. The number of halogens is 2. The highest BCUT2D eigenvalue weighted by atomic mass is 19.1. The lowest BCUT2D eigenvalue weighted by Crippen LogP contribution is -1.99. The Kier molecular flexibility index (Phi) is 5.04. The molecule has 0 aliphatic heterocycles. The first-order chi connectivity index (χ1) is 14.0. The summed E-state index contributed by atoms with van der Waals surface area (Å²) in [4.78, 5) is 0. The molecule has 0 amide bonds. The van der Waals surface area contributed by atoms with Gasteiger partial charge >= 0.3 is 0 Å². The molecule has 0 fully saturated rings. The molecule has 1 aromatic heterocycles. The molecule has 3 nitrogen and oxygen atoms in total. The highest BCUT2D eigenvalue weighted by molar-refractivity contribution is 5.76.